The molecule has 2 heterocycles. The Labute approximate surface area is 160 Å². The van der Waals surface area contributed by atoms with Gasteiger partial charge in [-0.25, -0.2) is 13.1 Å². The summed E-state index contributed by atoms with van der Waals surface area (Å²) in [5.41, 5.74) is 0.670. The molecule has 0 spiro atoms. The molecular formula is C19H27N3O4S. The van der Waals surface area contributed by atoms with E-state index in [0.717, 1.165) is 30.8 Å². The van der Waals surface area contributed by atoms with Gasteiger partial charge in [0, 0.05) is 19.1 Å². The van der Waals surface area contributed by atoms with Crippen molar-refractivity contribution in [1.82, 2.24) is 14.5 Å². The molecule has 2 aliphatic rings. The van der Waals surface area contributed by atoms with Crippen molar-refractivity contribution in [3.8, 4) is 0 Å². The van der Waals surface area contributed by atoms with Crippen molar-refractivity contribution in [2.45, 2.75) is 32.7 Å². The fraction of sp³-hybridized carbons (Fsp3) is 0.579. The van der Waals surface area contributed by atoms with Gasteiger partial charge in [0.25, 0.3) is 11.8 Å². The summed E-state index contributed by atoms with van der Waals surface area (Å²) >= 11 is 0. The highest BCUT2D eigenvalue weighted by atomic mass is 32.2. The lowest BCUT2D eigenvalue weighted by atomic mass is 10.0. The lowest BCUT2D eigenvalue weighted by molar-refractivity contribution is 0.0664. The van der Waals surface area contributed by atoms with Crippen LogP contribution in [0.1, 0.15) is 47.4 Å². The zero-order valence-corrected chi connectivity index (χ0v) is 16.7. The number of nitrogens with zero attached hydrogens (tertiary/aromatic N) is 2. The van der Waals surface area contributed by atoms with Crippen LogP contribution < -0.4 is 4.72 Å². The minimum Gasteiger partial charge on any atom is -0.299 e. The van der Waals surface area contributed by atoms with Crippen LogP contribution in [0.2, 0.25) is 0 Å². The quantitative estimate of drug-likeness (QED) is 0.673. The Bertz CT molecular complexity index is 781. The molecule has 0 aliphatic carbocycles. The summed E-state index contributed by atoms with van der Waals surface area (Å²) in [5, 5.41) is 0. The number of fused-ring (bicyclic) bond motifs is 1. The Kier molecular flexibility index (Phi) is 5.98. The van der Waals surface area contributed by atoms with E-state index >= 15 is 0 Å². The highest BCUT2D eigenvalue weighted by molar-refractivity contribution is 7.89. The zero-order valence-electron chi connectivity index (χ0n) is 15.8. The Morgan fingerprint density at radius 2 is 1.59 bits per heavy atom. The van der Waals surface area contributed by atoms with Crippen molar-refractivity contribution < 1.29 is 18.0 Å². The summed E-state index contributed by atoms with van der Waals surface area (Å²) in [6.07, 6.45) is 2.30. The number of nitrogens with one attached hydrogen (secondary N) is 1. The molecule has 1 atom stereocenters. The van der Waals surface area contributed by atoms with Gasteiger partial charge in [-0.3, -0.25) is 19.4 Å². The number of sulfonamides is 1. The second kappa shape index (κ2) is 8.08. The molecular weight excluding hydrogens is 366 g/mol. The number of likely N-dealkylation sites (tertiary alicyclic amines) is 1. The third-order valence-corrected chi connectivity index (χ3v) is 6.68. The molecule has 7 nitrogen and oxygen atoms in total. The molecule has 1 N–H and O–H groups in total. The first-order chi connectivity index (χ1) is 12.8. The van der Waals surface area contributed by atoms with E-state index in [9.17, 15) is 18.0 Å². The molecule has 1 aromatic carbocycles. The standard InChI is InChI=1S/C19H27N3O4S/c1-14(2)17(21-9-5-6-10-21)13-20-27(25,26)12-11-22-18(23)15-7-3-4-8-16(15)19(22)24/h3-4,7-8,14,17,20H,5-6,9-13H2,1-2H3. The number of benzene rings is 1. The maximum atomic E-state index is 12.4. The summed E-state index contributed by atoms with van der Waals surface area (Å²) in [6.45, 7) is 6.39. The monoisotopic (exact) mass is 393 g/mol. The summed E-state index contributed by atoms with van der Waals surface area (Å²) in [4.78, 5) is 28.0. The van der Waals surface area contributed by atoms with Crippen molar-refractivity contribution in [3.05, 3.63) is 35.4 Å². The van der Waals surface area contributed by atoms with Crippen LogP contribution in [0.25, 0.3) is 0 Å². The molecule has 1 saturated heterocycles. The molecule has 1 aromatic rings. The van der Waals surface area contributed by atoms with Gasteiger partial charge in [0.1, 0.15) is 0 Å². The third-order valence-electron chi connectivity index (χ3n) is 5.35. The summed E-state index contributed by atoms with van der Waals surface area (Å²) in [6, 6.07) is 6.71. The van der Waals surface area contributed by atoms with Crippen LogP contribution in [-0.2, 0) is 10.0 Å². The largest absolute Gasteiger partial charge is 0.299 e. The lowest BCUT2D eigenvalue weighted by Crippen LogP contribution is -2.47. The lowest BCUT2D eigenvalue weighted by Gasteiger charge is -2.31. The van der Waals surface area contributed by atoms with Crippen LogP contribution in [0, 0.1) is 5.92 Å². The summed E-state index contributed by atoms with van der Waals surface area (Å²) in [5.74, 6) is -0.809. The van der Waals surface area contributed by atoms with Crippen LogP contribution in [-0.4, -0.2) is 68.0 Å². The molecule has 2 amide bonds. The Morgan fingerprint density at radius 1 is 1.04 bits per heavy atom. The number of amides is 2. The molecule has 1 fully saturated rings. The molecule has 1 unspecified atom stereocenters. The molecule has 8 heteroatoms. The first-order valence-corrected chi connectivity index (χ1v) is 11.1. The highest BCUT2D eigenvalue weighted by Gasteiger charge is 2.35. The van der Waals surface area contributed by atoms with Crippen molar-refractivity contribution in [2.75, 3.05) is 31.9 Å². The fourth-order valence-corrected chi connectivity index (χ4v) is 4.79. The smallest absolute Gasteiger partial charge is 0.261 e. The van der Waals surface area contributed by atoms with Crippen molar-refractivity contribution in [1.29, 1.82) is 0 Å². The third kappa shape index (κ3) is 4.39. The summed E-state index contributed by atoms with van der Waals surface area (Å²) < 4.78 is 27.5. The molecule has 0 bridgehead atoms. The fourth-order valence-electron chi connectivity index (χ4n) is 3.80. The predicted molar refractivity (Wildman–Crippen MR) is 103 cm³/mol. The predicted octanol–water partition coefficient (Wildman–Crippen LogP) is 1.32. The molecule has 148 valence electrons. The number of carbonyl (C=O) groups is 2. The molecule has 27 heavy (non-hydrogen) atoms. The first kappa shape index (κ1) is 20.0. The molecule has 0 radical (unpaired) electrons. The minimum absolute atomic E-state index is 0.141. The van der Waals surface area contributed by atoms with E-state index in [1.165, 1.54) is 0 Å². The van der Waals surface area contributed by atoms with E-state index in [-0.39, 0.29) is 18.3 Å². The normalized spacial score (nSPS) is 19.1. The van der Waals surface area contributed by atoms with Crippen molar-refractivity contribution >= 4 is 21.8 Å². The SMILES string of the molecule is CC(C)C(CNS(=O)(=O)CCN1C(=O)c2ccccc2C1=O)N1CCCC1. The average molecular weight is 394 g/mol. The number of hydrogen-bond acceptors (Lipinski definition) is 5. The number of hydrogen-bond donors (Lipinski definition) is 1. The van der Waals surface area contributed by atoms with Gasteiger partial charge in [-0.1, -0.05) is 26.0 Å². The molecule has 3 rings (SSSR count). The van der Waals surface area contributed by atoms with Crippen LogP contribution in [0.15, 0.2) is 24.3 Å². The van der Waals surface area contributed by atoms with Crippen LogP contribution in [0.3, 0.4) is 0 Å². The molecule has 0 aromatic heterocycles. The number of rotatable bonds is 8. The van der Waals surface area contributed by atoms with Gasteiger partial charge in [0.15, 0.2) is 0 Å². The van der Waals surface area contributed by atoms with E-state index in [4.69, 9.17) is 0 Å². The van der Waals surface area contributed by atoms with E-state index in [1.807, 2.05) is 0 Å². The average Bonchev–Trinajstić information content (AvgIpc) is 3.22. The van der Waals surface area contributed by atoms with Gasteiger partial charge in [0.05, 0.1) is 16.9 Å². The van der Waals surface area contributed by atoms with Gasteiger partial charge in [-0.05, 0) is 44.0 Å². The van der Waals surface area contributed by atoms with E-state index < -0.39 is 21.8 Å². The van der Waals surface area contributed by atoms with Crippen LogP contribution in [0.4, 0.5) is 0 Å². The first-order valence-electron chi connectivity index (χ1n) is 9.47. The van der Waals surface area contributed by atoms with Gasteiger partial charge in [0.2, 0.25) is 10.0 Å². The second-order valence-corrected chi connectivity index (χ2v) is 9.46. The Hall–Kier alpha value is -1.77. The van der Waals surface area contributed by atoms with Gasteiger partial charge >= 0.3 is 0 Å². The number of carbonyl (C=O) groups excluding carboxylic acids is 2. The van der Waals surface area contributed by atoms with E-state index in [1.54, 1.807) is 24.3 Å². The van der Waals surface area contributed by atoms with E-state index in [0.29, 0.717) is 23.6 Å². The Morgan fingerprint density at radius 3 is 2.11 bits per heavy atom. The summed E-state index contributed by atoms with van der Waals surface area (Å²) in [7, 11) is -3.58. The number of imide groups is 1. The maximum Gasteiger partial charge on any atom is 0.261 e. The van der Waals surface area contributed by atoms with Gasteiger partial charge in [-0.2, -0.15) is 0 Å². The molecule has 2 aliphatic heterocycles. The molecule has 0 saturated carbocycles. The zero-order chi connectivity index (χ0) is 19.6. The van der Waals surface area contributed by atoms with Crippen molar-refractivity contribution in [3.63, 3.8) is 0 Å². The van der Waals surface area contributed by atoms with Crippen molar-refractivity contribution in [2.24, 2.45) is 5.92 Å². The van der Waals surface area contributed by atoms with Gasteiger partial charge < -0.3 is 0 Å². The minimum atomic E-state index is -3.58. The Balaban J connectivity index is 1.57. The second-order valence-electron chi connectivity index (χ2n) is 7.53. The highest BCUT2D eigenvalue weighted by Crippen LogP contribution is 2.22. The topological polar surface area (TPSA) is 86.8 Å². The van der Waals surface area contributed by atoms with Gasteiger partial charge in [-0.15, -0.1) is 0 Å². The van der Waals surface area contributed by atoms with E-state index in [2.05, 4.69) is 23.5 Å². The van der Waals surface area contributed by atoms with Crippen LogP contribution >= 0.6 is 0 Å². The maximum absolute atomic E-state index is 12.4. The van der Waals surface area contributed by atoms with Crippen LogP contribution in [0.5, 0.6) is 0 Å².